The fourth-order valence-corrected chi connectivity index (χ4v) is 3.36. The Morgan fingerprint density at radius 1 is 1.35 bits per heavy atom. The molecule has 0 radical (unpaired) electrons. The molecule has 0 spiro atoms. The molecule has 7 heteroatoms. The van der Waals surface area contributed by atoms with E-state index in [1.165, 1.54) is 28.8 Å². The van der Waals surface area contributed by atoms with E-state index in [2.05, 4.69) is 38.7 Å². The van der Waals surface area contributed by atoms with E-state index >= 15 is 0 Å². The number of hydrogen-bond donors (Lipinski definition) is 1. The minimum absolute atomic E-state index is 0.0485. The van der Waals surface area contributed by atoms with Crippen LogP contribution in [0.5, 0.6) is 0 Å². The summed E-state index contributed by atoms with van der Waals surface area (Å²) in [6, 6.07) is 5.55. The molecule has 1 unspecified atom stereocenters. The first-order chi connectivity index (χ1) is 11.0. The third-order valence-electron chi connectivity index (χ3n) is 3.63. The lowest BCUT2D eigenvalue weighted by molar-refractivity contribution is 0.932. The Labute approximate surface area is 138 Å². The number of rotatable bonds is 3. The van der Waals surface area contributed by atoms with E-state index < -0.39 is 0 Å². The molecule has 0 bridgehead atoms. The summed E-state index contributed by atoms with van der Waals surface area (Å²) in [4.78, 5) is 12.9. The van der Waals surface area contributed by atoms with Gasteiger partial charge in [-0.2, -0.15) is 5.26 Å². The van der Waals surface area contributed by atoms with E-state index in [1.54, 1.807) is 0 Å². The van der Waals surface area contributed by atoms with E-state index in [-0.39, 0.29) is 10.9 Å². The van der Waals surface area contributed by atoms with E-state index in [1.807, 2.05) is 26.2 Å². The van der Waals surface area contributed by atoms with Crippen molar-refractivity contribution in [2.24, 2.45) is 7.05 Å². The second-order valence-electron chi connectivity index (χ2n) is 5.38. The summed E-state index contributed by atoms with van der Waals surface area (Å²) in [5, 5.41) is 10.7. The molecular formula is C16H16N6S. The molecule has 0 amide bonds. The third kappa shape index (κ3) is 2.98. The molecule has 3 heterocycles. The fraction of sp³-hybridized carbons (Fsp3) is 0.250. The Hall–Kier alpha value is -2.59. The minimum Gasteiger partial charge on any atom is -0.384 e. The Morgan fingerprint density at radius 2 is 2.13 bits per heavy atom. The zero-order chi connectivity index (χ0) is 16.6. The molecule has 0 aromatic carbocycles. The van der Waals surface area contributed by atoms with Crippen molar-refractivity contribution in [2.45, 2.75) is 24.3 Å². The molecule has 3 aromatic heterocycles. The van der Waals surface area contributed by atoms with Crippen molar-refractivity contribution in [3.8, 4) is 6.07 Å². The number of anilines is 1. The summed E-state index contributed by atoms with van der Waals surface area (Å²) >= 11 is 1.44. The van der Waals surface area contributed by atoms with Crippen molar-refractivity contribution in [1.82, 2.24) is 19.5 Å². The molecule has 3 aromatic rings. The predicted octanol–water partition coefficient (Wildman–Crippen LogP) is 2.98. The Morgan fingerprint density at radius 3 is 2.87 bits per heavy atom. The van der Waals surface area contributed by atoms with E-state index in [4.69, 9.17) is 11.0 Å². The Bertz CT molecular complexity index is 924. The number of thioether (sulfide) groups is 1. The van der Waals surface area contributed by atoms with Crippen LogP contribution in [0.25, 0.3) is 10.9 Å². The quantitative estimate of drug-likeness (QED) is 0.588. The topological polar surface area (TPSA) is 93.4 Å². The average Bonchev–Trinajstić information content (AvgIpc) is 2.81. The lowest BCUT2D eigenvalue weighted by atomic mass is 10.2. The first-order valence-corrected chi connectivity index (χ1v) is 7.99. The van der Waals surface area contributed by atoms with Crippen molar-refractivity contribution in [1.29, 1.82) is 5.26 Å². The van der Waals surface area contributed by atoms with Crippen molar-refractivity contribution >= 4 is 28.5 Å². The zero-order valence-corrected chi connectivity index (χ0v) is 13.9. The molecule has 23 heavy (non-hydrogen) atoms. The molecule has 6 nitrogen and oxygen atoms in total. The summed E-state index contributed by atoms with van der Waals surface area (Å²) in [6.45, 7) is 4.12. The zero-order valence-electron chi connectivity index (χ0n) is 13.1. The molecule has 0 saturated carbocycles. The predicted molar refractivity (Wildman–Crippen MR) is 90.9 cm³/mol. The standard InChI is InChI=1S/C16H16N6S/c1-9-8-22(3)14-7-19-13(5-12(9)14)10(2)23-16-20-11(6-17)4-15(18)21-16/h4-5,7-8,10H,1-3H3,(H2,18,20,21). The van der Waals surface area contributed by atoms with Crippen molar-refractivity contribution in [2.75, 3.05) is 5.73 Å². The van der Waals surface area contributed by atoms with Crippen LogP contribution in [0.2, 0.25) is 0 Å². The van der Waals surface area contributed by atoms with Crippen LogP contribution >= 0.6 is 11.8 Å². The Balaban J connectivity index is 1.91. The van der Waals surface area contributed by atoms with E-state index in [0.29, 0.717) is 11.0 Å². The van der Waals surface area contributed by atoms with Gasteiger partial charge < -0.3 is 10.3 Å². The van der Waals surface area contributed by atoms with Gasteiger partial charge in [-0.15, -0.1) is 0 Å². The Kier molecular flexibility index (Phi) is 3.92. The number of nitrogens with zero attached hydrogens (tertiary/aromatic N) is 5. The summed E-state index contributed by atoms with van der Waals surface area (Å²) in [6.07, 6.45) is 3.98. The number of aryl methyl sites for hydroxylation is 2. The second kappa shape index (κ2) is 5.89. The van der Waals surface area contributed by atoms with Gasteiger partial charge in [0, 0.05) is 24.7 Å². The van der Waals surface area contributed by atoms with Gasteiger partial charge in [0.05, 0.1) is 22.7 Å². The highest BCUT2D eigenvalue weighted by Gasteiger charge is 2.14. The second-order valence-corrected chi connectivity index (χ2v) is 6.69. The maximum absolute atomic E-state index is 8.97. The SMILES string of the molecule is Cc1cn(C)c2cnc(C(C)Sc3nc(N)cc(C#N)n3)cc12. The van der Waals surface area contributed by atoms with Gasteiger partial charge in [-0.05, 0) is 25.5 Å². The van der Waals surface area contributed by atoms with Gasteiger partial charge >= 0.3 is 0 Å². The summed E-state index contributed by atoms with van der Waals surface area (Å²) in [5.41, 5.74) is 9.26. The number of nitrogens with two attached hydrogens (primary N) is 1. The van der Waals surface area contributed by atoms with Gasteiger partial charge in [0.15, 0.2) is 5.16 Å². The highest BCUT2D eigenvalue weighted by molar-refractivity contribution is 7.99. The number of aromatic nitrogens is 4. The smallest absolute Gasteiger partial charge is 0.191 e. The van der Waals surface area contributed by atoms with Crippen LogP contribution in [0.3, 0.4) is 0 Å². The van der Waals surface area contributed by atoms with Crippen LogP contribution in [-0.2, 0) is 7.05 Å². The number of pyridine rings is 1. The average molecular weight is 324 g/mol. The lowest BCUT2D eigenvalue weighted by Gasteiger charge is -2.10. The molecule has 0 fully saturated rings. The van der Waals surface area contributed by atoms with Gasteiger partial charge in [0.2, 0.25) is 0 Å². The molecule has 116 valence electrons. The van der Waals surface area contributed by atoms with Gasteiger partial charge in [-0.25, -0.2) is 9.97 Å². The lowest BCUT2D eigenvalue weighted by Crippen LogP contribution is -2.00. The maximum Gasteiger partial charge on any atom is 0.191 e. The van der Waals surface area contributed by atoms with Crippen molar-refractivity contribution < 1.29 is 0 Å². The molecule has 0 aliphatic rings. The number of nitrogen functional groups attached to an aromatic ring is 1. The van der Waals surface area contributed by atoms with Gasteiger partial charge in [-0.1, -0.05) is 11.8 Å². The molecule has 0 aliphatic heterocycles. The molecule has 1 atom stereocenters. The number of nitriles is 1. The van der Waals surface area contributed by atoms with Crippen LogP contribution in [0.15, 0.2) is 29.7 Å². The van der Waals surface area contributed by atoms with Crippen molar-refractivity contribution in [3.05, 3.63) is 41.5 Å². The van der Waals surface area contributed by atoms with Gasteiger partial charge in [-0.3, -0.25) is 4.98 Å². The molecule has 3 rings (SSSR count). The molecule has 2 N–H and O–H groups in total. The van der Waals surface area contributed by atoms with Gasteiger partial charge in [0.1, 0.15) is 17.6 Å². The van der Waals surface area contributed by atoms with Crippen LogP contribution < -0.4 is 5.73 Å². The van der Waals surface area contributed by atoms with E-state index in [0.717, 1.165) is 11.2 Å². The van der Waals surface area contributed by atoms with Crippen molar-refractivity contribution in [3.63, 3.8) is 0 Å². The summed E-state index contributed by atoms with van der Waals surface area (Å²) in [5.74, 6) is 0.300. The van der Waals surface area contributed by atoms with Crippen LogP contribution in [-0.4, -0.2) is 19.5 Å². The highest BCUT2D eigenvalue weighted by Crippen LogP contribution is 2.33. The largest absolute Gasteiger partial charge is 0.384 e. The summed E-state index contributed by atoms with van der Waals surface area (Å²) in [7, 11) is 2.01. The molecular weight excluding hydrogens is 308 g/mol. The normalized spacial score (nSPS) is 12.3. The molecule has 0 aliphatic carbocycles. The van der Waals surface area contributed by atoms with Crippen LogP contribution in [0.4, 0.5) is 5.82 Å². The third-order valence-corrected chi connectivity index (χ3v) is 4.62. The first kappa shape index (κ1) is 15.3. The van der Waals surface area contributed by atoms with Crippen LogP contribution in [0.1, 0.15) is 29.1 Å². The maximum atomic E-state index is 8.97. The number of hydrogen-bond acceptors (Lipinski definition) is 6. The summed E-state index contributed by atoms with van der Waals surface area (Å²) < 4.78 is 2.07. The minimum atomic E-state index is 0.0485. The first-order valence-electron chi connectivity index (χ1n) is 7.11. The van der Waals surface area contributed by atoms with Crippen LogP contribution in [0, 0.1) is 18.3 Å². The number of fused-ring (bicyclic) bond motifs is 1. The van der Waals surface area contributed by atoms with E-state index in [9.17, 15) is 0 Å². The highest BCUT2D eigenvalue weighted by atomic mass is 32.2. The fourth-order valence-electron chi connectivity index (χ4n) is 2.48. The molecule has 0 saturated heterocycles. The van der Waals surface area contributed by atoms with Gasteiger partial charge in [0.25, 0.3) is 0 Å². The monoisotopic (exact) mass is 324 g/mol.